The van der Waals surface area contributed by atoms with Crippen LogP contribution in [0, 0.1) is 0 Å². The molecule has 1 aromatic carbocycles. The molecule has 0 aliphatic rings. The summed E-state index contributed by atoms with van der Waals surface area (Å²) in [7, 11) is 2.25. The third-order valence-corrected chi connectivity index (χ3v) is 10.5. The van der Waals surface area contributed by atoms with Gasteiger partial charge in [0.2, 0.25) is 0 Å². The molecule has 0 heterocycles. The van der Waals surface area contributed by atoms with Crippen LogP contribution in [-0.2, 0) is 0 Å². The van der Waals surface area contributed by atoms with Gasteiger partial charge in [-0.1, -0.05) is 213 Å². The van der Waals surface area contributed by atoms with Gasteiger partial charge in [0, 0.05) is 25.2 Å². The molecule has 1 aromatic rings. The minimum absolute atomic E-state index is 0.208. The lowest BCUT2D eigenvalue weighted by Gasteiger charge is -2.25. The highest BCUT2D eigenvalue weighted by atomic mass is 16.3. The molecule has 0 spiro atoms. The van der Waals surface area contributed by atoms with Gasteiger partial charge in [0.15, 0.2) is 0 Å². The molecular formula is C44H83NO. The van der Waals surface area contributed by atoms with E-state index < -0.39 is 0 Å². The van der Waals surface area contributed by atoms with Crippen molar-refractivity contribution < 1.29 is 5.11 Å². The number of anilines is 1. The van der Waals surface area contributed by atoms with E-state index in [9.17, 15) is 5.11 Å². The zero-order valence-electron chi connectivity index (χ0n) is 32.0. The second-order valence-corrected chi connectivity index (χ2v) is 15.0. The van der Waals surface area contributed by atoms with E-state index in [0.29, 0.717) is 0 Å². The van der Waals surface area contributed by atoms with Crippen LogP contribution in [-0.4, -0.2) is 24.8 Å². The Morgan fingerprint density at radius 2 is 0.761 bits per heavy atom. The summed E-state index contributed by atoms with van der Waals surface area (Å²) in [5.74, 6) is 0.283. The molecule has 0 saturated heterocycles. The first-order chi connectivity index (χ1) is 22.6. The first-order valence-corrected chi connectivity index (χ1v) is 21.1. The van der Waals surface area contributed by atoms with E-state index >= 15 is 0 Å². The van der Waals surface area contributed by atoms with Crippen molar-refractivity contribution in [2.75, 3.05) is 18.5 Å². The number of hydrogen-bond donors (Lipinski definition) is 1. The van der Waals surface area contributed by atoms with Crippen LogP contribution < -0.4 is 4.90 Å². The fourth-order valence-electron chi connectivity index (χ4n) is 7.24. The van der Waals surface area contributed by atoms with Gasteiger partial charge in [0.1, 0.15) is 0 Å². The van der Waals surface area contributed by atoms with Gasteiger partial charge in [-0.25, -0.2) is 0 Å². The number of unbranched alkanes of at least 4 members (excludes halogenated alkanes) is 26. The lowest BCUT2D eigenvalue weighted by atomic mass is 9.85. The van der Waals surface area contributed by atoms with Crippen LogP contribution in [0.25, 0.3) is 0 Å². The second-order valence-electron chi connectivity index (χ2n) is 15.0. The van der Waals surface area contributed by atoms with Crippen LogP contribution in [0.1, 0.15) is 231 Å². The monoisotopic (exact) mass is 642 g/mol. The highest BCUT2D eigenvalue weighted by Crippen LogP contribution is 2.31. The maximum absolute atomic E-state index is 11.3. The summed E-state index contributed by atoms with van der Waals surface area (Å²) in [6.45, 7) is 8.02. The van der Waals surface area contributed by atoms with Crippen molar-refractivity contribution >= 4 is 5.69 Å². The third kappa shape index (κ3) is 24.2. The summed E-state index contributed by atoms with van der Waals surface area (Å²) in [5, 5.41) is 11.3. The van der Waals surface area contributed by atoms with Crippen LogP contribution in [0.15, 0.2) is 24.3 Å². The topological polar surface area (TPSA) is 23.5 Å². The van der Waals surface area contributed by atoms with Crippen LogP contribution in [0.5, 0.6) is 0 Å². The number of benzene rings is 1. The third-order valence-electron chi connectivity index (χ3n) is 10.5. The molecule has 0 radical (unpaired) electrons. The van der Waals surface area contributed by atoms with Crippen molar-refractivity contribution in [3.63, 3.8) is 0 Å². The van der Waals surface area contributed by atoms with Crippen molar-refractivity contribution in [1.29, 1.82) is 0 Å². The Bertz CT molecular complexity index is 730. The van der Waals surface area contributed by atoms with Gasteiger partial charge in [-0.2, -0.15) is 0 Å². The highest BCUT2D eigenvalue weighted by molar-refractivity contribution is 5.47. The largest absolute Gasteiger partial charge is 0.392 e. The molecule has 0 aliphatic carbocycles. The van der Waals surface area contributed by atoms with E-state index in [1.807, 2.05) is 0 Å². The quantitative estimate of drug-likeness (QED) is 0.0745. The van der Waals surface area contributed by atoms with E-state index in [1.54, 1.807) is 0 Å². The predicted octanol–water partition coefficient (Wildman–Crippen LogP) is 14.7. The van der Waals surface area contributed by atoms with Gasteiger partial charge in [0.05, 0.1) is 6.10 Å². The number of aliphatic hydroxyl groups is 1. The maximum Gasteiger partial charge on any atom is 0.0608 e. The van der Waals surface area contributed by atoms with Gasteiger partial charge < -0.3 is 10.0 Å². The van der Waals surface area contributed by atoms with Crippen LogP contribution >= 0.6 is 0 Å². The van der Waals surface area contributed by atoms with E-state index in [1.165, 1.54) is 197 Å². The predicted molar refractivity (Wildman–Crippen MR) is 209 cm³/mol. The molecule has 0 aromatic heterocycles. The lowest BCUT2D eigenvalue weighted by Crippen LogP contribution is -2.20. The number of nitrogens with zero attached hydrogens (tertiary/aromatic N) is 1. The zero-order chi connectivity index (χ0) is 33.3. The molecule has 1 N–H and O–H groups in total. The molecule has 0 saturated carbocycles. The average molecular weight is 642 g/mol. The average Bonchev–Trinajstić information content (AvgIpc) is 3.07. The molecule has 46 heavy (non-hydrogen) atoms. The molecule has 0 fully saturated rings. The van der Waals surface area contributed by atoms with Crippen molar-refractivity contribution in [3.05, 3.63) is 29.8 Å². The summed E-state index contributed by atoms with van der Waals surface area (Å²) in [5.41, 5.74) is 2.67. The standard InChI is InChI=1S/C44H83NO/c1-5-8-11-14-17-18-19-20-21-22-23-24-25-27-30-33-40-45(4)42-38-36-41(37-39-42)43(34-31-28-16-13-10-7-3)44(46)35-32-29-26-15-12-9-6-2/h36-39,43-44,46H,5-35,40H2,1-4H3. The van der Waals surface area contributed by atoms with E-state index in [-0.39, 0.29) is 12.0 Å². The summed E-state index contributed by atoms with van der Waals surface area (Å²) in [6.07, 6.45) is 41.7. The lowest BCUT2D eigenvalue weighted by molar-refractivity contribution is 0.124. The molecule has 1 rings (SSSR count). The summed E-state index contributed by atoms with van der Waals surface area (Å²) >= 11 is 0. The fourth-order valence-corrected chi connectivity index (χ4v) is 7.24. The Labute approximate surface area is 290 Å². The highest BCUT2D eigenvalue weighted by Gasteiger charge is 2.21. The first kappa shape index (κ1) is 43.0. The van der Waals surface area contributed by atoms with Crippen molar-refractivity contribution in [2.24, 2.45) is 0 Å². The molecule has 2 nitrogen and oxygen atoms in total. The Hall–Kier alpha value is -1.02. The Morgan fingerprint density at radius 1 is 0.435 bits per heavy atom. The summed E-state index contributed by atoms with van der Waals surface area (Å²) < 4.78 is 0. The molecule has 0 amide bonds. The Balaban J connectivity index is 2.30. The van der Waals surface area contributed by atoms with Crippen LogP contribution in [0.4, 0.5) is 5.69 Å². The molecule has 0 bridgehead atoms. The molecule has 2 heteroatoms. The molecule has 0 aliphatic heterocycles. The fraction of sp³-hybridized carbons (Fsp3) is 0.864. The van der Waals surface area contributed by atoms with Gasteiger partial charge >= 0.3 is 0 Å². The summed E-state index contributed by atoms with van der Waals surface area (Å²) in [4.78, 5) is 2.44. The molecule has 2 unspecified atom stereocenters. The van der Waals surface area contributed by atoms with Gasteiger partial charge in [-0.05, 0) is 37.0 Å². The van der Waals surface area contributed by atoms with Gasteiger partial charge in [-0.15, -0.1) is 0 Å². The second kappa shape index (κ2) is 32.5. The van der Waals surface area contributed by atoms with Gasteiger partial charge in [-0.3, -0.25) is 0 Å². The number of aliphatic hydroxyl groups excluding tert-OH is 1. The normalized spacial score (nSPS) is 12.9. The molecule has 270 valence electrons. The van der Waals surface area contributed by atoms with Gasteiger partial charge in [0.25, 0.3) is 0 Å². The van der Waals surface area contributed by atoms with Crippen LogP contribution in [0.3, 0.4) is 0 Å². The molecular weight excluding hydrogens is 558 g/mol. The van der Waals surface area contributed by atoms with Crippen molar-refractivity contribution in [3.8, 4) is 0 Å². The maximum atomic E-state index is 11.3. The van der Waals surface area contributed by atoms with E-state index in [2.05, 4.69) is 57.0 Å². The smallest absolute Gasteiger partial charge is 0.0608 e. The Kier molecular flexibility index (Phi) is 30.4. The zero-order valence-corrected chi connectivity index (χ0v) is 32.0. The number of rotatable bonds is 35. The minimum atomic E-state index is -0.208. The SMILES string of the molecule is CCCCCCCCCCCCCCCCCCN(C)c1ccc(C(CCCCCCCC)C(O)CCCCCCCCC)cc1. The number of hydrogen-bond acceptors (Lipinski definition) is 2. The minimum Gasteiger partial charge on any atom is -0.392 e. The van der Waals surface area contributed by atoms with Crippen LogP contribution in [0.2, 0.25) is 0 Å². The first-order valence-electron chi connectivity index (χ1n) is 21.1. The van der Waals surface area contributed by atoms with Crippen molar-refractivity contribution in [2.45, 2.75) is 232 Å². The Morgan fingerprint density at radius 3 is 1.15 bits per heavy atom. The van der Waals surface area contributed by atoms with E-state index in [0.717, 1.165) is 19.4 Å². The van der Waals surface area contributed by atoms with E-state index in [4.69, 9.17) is 0 Å². The van der Waals surface area contributed by atoms with Crippen molar-refractivity contribution in [1.82, 2.24) is 0 Å². The summed E-state index contributed by atoms with van der Waals surface area (Å²) in [6, 6.07) is 9.29. The molecule has 2 atom stereocenters.